The van der Waals surface area contributed by atoms with E-state index in [-0.39, 0.29) is 22.8 Å². The average molecular weight is 312 g/mol. The highest BCUT2D eigenvalue weighted by molar-refractivity contribution is 6.10. The molecule has 0 amide bonds. The van der Waals surface area contributed by atoms with Crippen molar-refractivity contribution in [2.75, 3.05) is 0 Å². The maximum absolute atomic E-state index is 12.3. The predicted octanol–water partition coefficient (Wildman–Crippen LogP) is 3.08. The number of ether oxygens (including phenoxy) is 2. The van der Waals surface area contributed by atoms with Gasteiger partial charge in [-0.3, -0.25) is 4.79 Å². The Labute approximate surface area is 133 Å². The minimum atomic E-state index is -0.851. The first-order valence-electron chi connectivity index (χ1n) is 6.93. The van der Waals surface area contributed by atoms with Crippen molar-refractivity contribution in [2.45, 2.75) is 13.2 Å². The molecule has 0 aromatic heterocycles. The fourth-order valence-corrected chi connectivity index (χ4v) is 1.95. The van der Waals surface area contributed by atoms with E-state index < -0.39 is 12.3 Å². The predicted molar refractivity (Wildman–Crippen MR) is 84.4 cm³/mol. The largest absolute Gasteiger partial charge is 0.507 e. The van der Waals surface area contributed by atoms with Gasteiger partial charge in [0, 0.05) is 24.6 Å². The number of phenols is 1. The molecule has 0 aliphatic carbocycles. The third-order valence-electron chi connectivity index (χ3n) is 3.00. The molecule has 1 N–H and O–H groups in total. The van der Waals surface area contributed by atoms with E-state index in [1.165, 1.54) is 25.1 Å². The zero-order valence-electron chi connectivity index (χ0n) is 12.6. The minimum absolute atomic E-state index is 0.166. The number of benzene rings is 2. The van der Waals surface area contributed by atoms with E-state index >= 15 is 0 Å². The summed E-state index contributed by atoms with van der Waals surface area (Å²) in [6.07, 6.45) is 0.175. The third-order valence-corrected chi connectivity index (χ3v) is 3.00. The van der Waals surface area contributed by atoms with Crippen molar-refractivity contribution >= 4 is 11.8 Å². The van der Waals surface area contributed by atoms with Crippen LogP contribution in [-0.2, 0) is 9.53 Å². The summed E-state index contributed by atoms with van der Waals surface area (Å²) < 4.78 is 10.2. The smallest absolute Gasteiger partial charge is 0.333 e. The number of esters is 1. The Kier molecular flexibility index (Phi) is 5.15. The molecule has 118 valence electrons. The lowest BCUT2D eigenvalue weighted by Crippen LogP contribution is -2.19. The summed E-state index contributed by atoms with van der Waals surface area (Å²) in [5, 5.41) is 10.0. The van der Waals surface area contributed by atoms with Gasteiger partial charge in [-0.2, -0.15) is 0 Å². The number of carbonyl (C=O) groups is 2. The standard InChI is InChI=1S/C18H16O5/c1-3-17(20)23-12(2)22-14-9-10-15(16(19)11-14)18(21)13-7-5-4-6-8-13/h3-12,19H,1H2,2H3. The fourth-order valence-electron chi connectivity index (χ4n) is 1.95. The molecule has 2 rings (SSSR count). The van der Waals surface area contributed by atoms with Crippen LogP contribution in [-0.4, -0.2) is 23.1 Å². The lowest BCUT2D eigenvalue weighted by atomic mass is 10.0. The Morgan fingerprint density at radius 1 is 1.17 bits per heavy atom. The zero-order valence-corrected chi connectivity index (χ0v) is 12.6. The Hall–Kier alpha value is -3.08. The molecule has 2 aromatic rings. The third kappa shape index (κ3) is 4.20. The molecule has 0 aliphatic heterocycles. The summed E-state index contributed by atoms with van der Waals surface area (Å²) in [4.78, 5) is 23.4. The SMILES string of the molecule is C=CC(=O)OC(C)Oc1ccc(C(=O)c2ccccc2)c(O)c1. The number of hydrogen-bond donors (Lipinski definition) is 1. The number of rotatable bonds is 6. The van der Waals surface area contributed by atoms with Crippen molar-refractivity contribution in [1.29, 1.82) is 0 Å². The van der Waals surface area contributed by atoms with E-state index in [1.54, 1.807) is 30.3 Å². The highest BCUT2D eigenvalue weighted by Gasteiger charge is 2.15. The second-order valence-electron chi connectivity index (χ2n) is 4.70. The summed E-state index contributed by atoms with van der Waals surface area (Å²) in [6.45, 7) is 4.82. The van der Waals surface area contributed by atoms with Gasteiger partial charge in [-0.15, -0.1) is 0 Å². The van der Waals surface area contributed by atoms with Crippen LogP contribution in [0.4, 0.5) is 0 Å². The van der Waals surface area contributed by atoms with Crippen LogP contribution in [0.5, 0.6) is 11.5 Å². The van der Waals surface area contributed by atoms with E-state index in [0.717, 1.165) is 6.08 Å². The molecule has 0 fully saturated rings. The van der Waals surface area contributed by atoms with Crippen LogP contribution < -0.4 is 4.74 Å². The van der Waals surface area contributed by atoms with Crippen LogP contribution in [0, 0.1) is 0 Å². The summed E-state index contributed by atoms with van der Waals surface area (Å²) in [5.74, 6) is -0.839. The zero-order chi connectivity index (χ0) is 16.8. The maximum atomic E-state index is 12.3. The summed E-state index contributed by atoms with van der Waals surface area (Å²) in [7, 11) is 0. The minimum Gasteiger partial charge on any atom is -0.507 e. The molecule has 1 unspecified atom stereocenters. The molecule has 0 bridgehead atoms. The van der Waals surface area contributed by atoms with E-state index in [2.05, 4.69) is 6.58 Å². The normalized spacial score (nSPS) is 11.3. The molecule has 2 aromatic carbocycles. The molecule has 23 heavy (non-hydrogen) atoms. The number of hydrogen-bond acceptors (Lipinski definition) is 5. The van der Waals surface area contributed by atoms with E-state index in [1.807, 2.05) is 0 Å². The van der Waals surface area contributed by atoms with Crippen molar-refractivity contribution < 1.29 is 24.2 Å². The molecular weight excluding hydrogens is 296 g/mol. The topological polar surface area (TPSA) is 72.8 Å². The quantitative estimate of drug-likeness (QED) is 0.384. The van der Waals surface area contributed by atoms with E-state index in [9.17, 15) is 14.7 Å². The average Bonchev–Trinajstić information content (AvgIpc) is 2.55. The number of carbonyl (C=O) groups excluding carboxylic acids is 2. The van der Waals surface area contributed by atoms with Gasteiger partial charge in [0.15, 0.2) is 5.78 Å². The molecule has 1 atom stereocenters. The van der Waals surface area contributed by atoms with Crippen molar-refractivity contribution in [3.63, 3.8) is 0 Å². The van der Waals surface area contributed by atoms with Gasteiger partial charge in [-0.25, -0.2) is 4.79 Å². The van der Waals surface area contributed by atoms with Crippen LogP contribution in [0.15, 0.2) is 61.2 Å². The van der Waals surface area contributed by atoms with Crippen LogP contribution in [0.25, 0.3) is 0 Å². The molecule has 5 nitrogen and oxygen atoms in total. The van der Waals surface area contributed by atoms with Crippen LogP contribution in [0.2, 0.25) is 0 Å². The Balaban J connectivity index is 2.13. The molecule has 0 saturated heterocycles. The maximum Gasteiger partial charge on any atom is 0.333 e. The summed E-state index contributed by atoms with van der Waals surface area (Å²) >= 11 is 0. The monoisotopic (exact) mass is 312 g/mol. The Morgan fingerprint density at radius 3 is 2.48 bits per heavy atom. The molecule has 0 aliphatic rings. The first-order chi connectivity index (χ1) is 11.0. The van der Waals surface area contributed by atoms with Crippen LogP contribution >= 0.6 is 0 Å². The first-order valence-corrected chi connectivity index (χ1v) is 6.93. The van der Waals surface area contributed by atoms with Gasteiger partial charge in [0.2, 0.25) is 6.29 Å². The Bertz CT molecular complexity index is 721. The summed E-state index contributed by atoms with van der Waals surface area (Å²) in [6, 6.07) is 12.9. The molecule has 0 radical (unpaired) electrons. The second-order valence-corrected chi connectivity index (χ2v) is 4.70. The molecule has 0 spiro atoms. The number of aromatic hydroxyl groups is 1. The highest BCUT2D eigenvalue weighted by Crippen LogP contribution is 2.26. The number of ketones is 1. The molecule has 5 heteroatoms. The molecule has 0 saturated carbocycles. The molecular formula is C18H16O5. The van der Waals surface area contributed by atoms with Gasteiger partial charge in [0.25, 0.3) is 0 Å². The second kappa shape index (κ2) is 7.26. The van der Waals surface area contributed by atoms with Crippen molar-refractivity contribution in [2.24, 2.45) is 0 Å². The van der Waals surface area contributed by atoms with E-state index in [0.29, 0.717) is 5.56 Å². The van der Waals surface area contributed by atoms with E-state index in [4.69, 9.17) is 9.47 Å². The summed E-state index contributed by atoms with van der Waals surface area (Å²) in [5.41, 5.74) is 0.643. The first kappa shape index (κ1) is 16.3. The van der Waals surface area contributed by atoms with Crippen LogP contribution in [0.3, 0.4) is 0 Å². The Morgan fingerprint density at radius 2 is 1.87 bits per heavy atom. The highest BCUT2D eigenvalue weighted by atomic mass is 16.7. The lowest BCUT2D eigenvalue weighted by Gasteiger charge is -2.15. The van der Waals surface area contributed by atoms with Crippen molar-refractivity contribution in [3.8, 4) is 11.5 Å². The van der Waals surface area contributed by atoms with Gasteiger partial charge in [0.05, 0.1) is 5.56 Å². The van der Waals surface area contributed by atoms with Gasteiger partial charge < -0.3 is 14.6 Å². The lowest BCUT2D eigenvalue weighted by molar-refractivity contribution is -0.154. The van der Waals surface area contributed by atoms with Gasteiger partial charge in [-0.05, 0) is 12.1 Å². The van der Waals surface area contributed by atoms with Gasteiger partial charge >= 0.3 is 5.97 Å². The van der Waals surface area contributed by atoms with Gasteiger partial charge in [-0.1, -0.05) is 36.9 Å². The number of phenolic OH excluding ortho intramolecular Hbond substituents is 1. The van der Waals surface area contributed by atoms with Gasteiger partial charge in [0.1, 0.15) is 11.5 Å². The van der Waals surface area contributed by atoms with Crippen LogP contribution in [0.1, 0.15) is 22.8 Å². The van der Waals surface area contributed by atoms with Crippen molar-refractivity contribution in [1.82, 2.24) is 0 Å². The molecule has 0 heterocycles. The van der Waals surface area contributed by atoms with Crippen molar-refractivity contribution in [3.05, 3.63) is 72.3 Å². The fraction of sp³-hybridized carbons (Fsp3) is 0.111.